The smallest absolute Gasteiger partial charge is 0.338 e. The predicted molar refractivity (Wildman–Crippen MR) is 116 cm³/mol. The summed E-state index contributed by atoms with van der Waals surface area (Å²) in [6, 6.07) is 15.2. The van der Waals surface area contributed by atoms with Crippen molar-refractivity contribution in [3.63, 3.8) is 0 Å². The number of aromatic nitrogens is 3. The number of rotatable bonds is 7. The average Bonchev–Trinajstić information content (AvgIpc) is 3.26. The van der Waals surface area contributed by atoms with Crippen molar-refractivity contribution in [3.05, 3.63) is 78.8 Å². The highest BCUT2D eigenvalue weighted by molar-refractivity contribution is 7.92. The maximum absolute atomic E-state index is 12.4. The van der Waals surface area contributed by atoms with Crippen LogP contribution in [-0.2, 0) is 19.6 Å². The minimum absolute atomic E-state index is 0.00165. The number of H-pyrrole nitrogens is 1. The molecule has 11 heteroatoms. The Kier molecular flexibility index (Phi) is 5.81. The number of sulfonamides is 1. The van der Waals surface area contributed by atoms with Gasteiger partial charge in [0.2, 0.25) is 0 Å². The summed E-state index contributed by atoms with van der Waals surface area (Å²) in [7, 11) is -3.82. The minimum atomic E-state index is -3.82. The molecular weight excluding hydrogens is 434 g/mol. The molecule has 0 aliphatic carbocycles. The van der Waals surface area contributed by atoms with Gasteiger partial charge in [-0.05, 0) is 54.6 Å². The van der Waals surface area contributed by atoms with E-state index in [-0.39, 0.29) is 16.3 Å². The number of carbonyl (C=O) groups excluding carboxylic acids is 2. The lowest BCUT2D eigenvalue weighted by molar-refractivity contribution is -0.119. The standard InChI is InChI=1S/C21H17N5O5S/c27-20(12-31-21(28)14-4-9-17-18(11-14)24-13-23-17)25-15-5-7-16(8-6-15)32(29,30)26-19-3-1-2-10-22-19/h1-11,13H,12H2,(H,22,26)(H,23,24)(H,25,27). The Morgan fingerprint density at radius 2 is 1.81 bits per heavy atom. The number of amides is 1. The largest absolute Gasteiger partial charge is 0.452 e. The van der Waals surface area contributed by atoms with Crippen molar-refractivity contribution < 1.29 is 22.7 Å². The van der Waals surface area contributed by atoms with Crippen molar-refractivity contribution in [1.29, 1.82) is 0 Å². The van der Waals surface area contributed by atoms with E-state index in [1.807, 2.05) is 0 Å². The van der Waals surface area contributed by atoms with Crippen molar-refractivity contribution in [1.82, 2.24) is 15.0 Å². The zero-order valence-electron chi connectivity index (χ0n) is 16.5. The summed E-state index contributed by atoms with van der Waals surface area (Å²) in [5, 5.41) is 2.54. The first-order valence-electron chi connectivity index (χ1n) is 9.35. The van der Waals surface area contributed by atoms with Crippen molar-refractivity contribution >= 4 is 44.4 Å². The summed E-state index contributed by atoms with van der Waals surface area (Å²) >= 11 is 0. The molecule has 0 aliphatic heterocycles. The van der Waals surface area contributed by atoms with E-state index < -0.39 is 28.5 Å². The quantitative estimate of drug-likeness (QED) is 0.366. The number of pyridine rings is 1. The Hall–Kier alpha value is -4.25. The number of benzene rings is 2. The molecule has 4 rings (SSSR count). The second kappa shape index (κ2) is 8.86. The van der Waals surface area contributed by atoms with Gasteiger partial charge in [-0.15, -0.1) is 0 Å². The van der Waals surface area contributed by atoms with Gasteiger partial charge in [0, 0.05) is 11.9 Å². The van der Waals surface area contributed by atoms with Gasteiger partial charge in [-0.25, -0.2) is 23.2 Å². The van der Waals surface area contributed by atoms with E-state index in [1.165, 1.54) is 42.9 Å². The van der Waals surface area contributed by atoms with E-state index in [0.717, 1.165) is 0 Å². The first kappa shape index (κ1) is 21.0. The Balaban J connectivity index is 1.32. The fourth-order valence-corrected chi connectivity index (χ4v) is 3.82. The van der Waals surface area contributed by atoms with E-state index in [9.17, 15) is 18.0 Å². The van der Waals surface area contributed by atoms with Crippen molar-refractivity contribution in [2.24, 2.45) is 0 Å². The molecule has 0 fully saturated rings. The van der Waals surface area contributed by atoms with E-state index in [4.69, 9.17) is 4.74 Å². The molecule has 0 aliphatic rings. The van der Waals surface area contributed by atoms with Gasteiger partial charge in [0.15, 0.2) is 6.61 Å². The molecule has 2 aromatic heterocycles. The zero-order chi connectivity index (χ0) is 22.6. The highest BCUT2D eigenvalue weighted by atomic mass is 32.2. The fourth-order valence-electron chi connectivity index (χ4n) is 2.81. The molecule has 0 saturated heterocycles. The number of nitrogens with one attached hydrogen (secondary N) is 3. The van der Waals surface area contributed by atoms with Crippen LogP contribution in [0.4, 0.5) is 11.5 Å². The summed E-state index contributed by atoms with van der Waals surface area (Å²) in [6.07, 6.45) is 2.98. The van der Waals surface area contributed by atoms with Crippen molar-refractivity contribution in [3.8, 4) is 0 Å². The van der Waals surface area contributed by atoms with Gasteiger partial charge >= 0.3 is 5.97 Å². The third-order valence-electron chi connectivity index (χ3n) is 4.34. The average molecular weight is 451 g/mol. The highest BCUT2D eigenvalue weighted by Gasteiger charge is 2.15. The van der Waals surface area contributed by atoms with Crippen LogP contribution in [0.25, 0.3) is 11.0 Å². The molecule has 0 saturated carbocycles. The number of esters is 1. The summed E-state index contributed by atoms with van der Waals surface area (Å²) in [4.78, 5) is 35.1. The van der Waals surface area contributed by atoms with E-state index in [2.05, 4.69) is 25.0 Å². The summed E-state index contributed by atoms with van der Waals surface area (Å²) in [5.74, 6) is -1.03. The summed E-state index contributed by atoms with van der Waals surface area (Å²) in [6.45, 7) is -0.499. The van der Waals surface area contributed by atoms with Crippen LogP contribution in [0.2, 0.25) is 0 Å². The molecule has 0 unspecified atom stereocenters. The van der Waals surface area contributed by atoms with Gasteiger partial charge in [0.1, 0.15) is 5.82 Å². The van der Waals surface area contributed by atoms with E-state index >= 15 is 0 Å². The lowest BCUT2D eigenvalue weighted by Crippen LogP contribution is -2.21. The molecular formula is C21H17N5O5S. The Bertz CT molecular complexity index is 1370. The lowest BCUT2D eigenvalue weighted by atomic mass is 10.2. The van der Waals surface area contributed by atoms with Crippen molar-refractivity contribution in [2.45, 2.75) is 4.90 Å². The number of nitrogens with zero attached hydrogens (tertiary/aromatic N) is 2. The highest BCUT2D eigenvalue weighted by Crippen LogP contribution is 2.17. The monoisotopic (exact) mass is 451 g/mol. The molecule has 32 heavy (non-hydrogen) atoms. The Morgan fingerprint density at radius 3 is 2.56 bits per heavy atom. The number of fused-ring (bicyclic) bond motifs is 1. The topological polar surface area (TPSA) is 143 Å². The second-order valence-electron chi connectivity index (χ2n) is 6.60. The van der Waals surface area contributed by atoms with Gasteiger partial charge in [0.05, 0.1) is 27.8 Å². The number of anilines is 2. The first-order chi connectivity index (χ1) is 15.4. The van der Waals surface area contributed by atoms with Gasteiger partial charge in [-0.3, -0.25) is 9.52 Å². The first-order valence-corrected chi connectivity index (χ1v) is 10.8. The van der Waals surface area contributed by atoms with E-state index in [0.29, 0.717) is 16.7 Å². The van der Waals surface area contributed by atoms with Gasteiger partial charge < -0.3 is 15.0 Å². The third kappa shape index (κ3) is 4.90. The number of ether oxygens (including phenoxy) is 1. The lowest BCUT2D eigenvalue weighted by Gasteiger charge is -2.09. The molecule has 4 aromatic rings. The van der Waals surface area contributed by atoms with Crippen LogP contribution in [0.3, 0.4) is 0 Å². The second-order valence-corrected chi connectivity index (χ2v) is 8.29. The van der Waals surface area contributed by atoms with Gasteiger partial charge in [-0.2, -0.15) is 0 Å². The van der Waals surface area contributed by atoms with Crippen LogP contribution in [0.15, 0.2) is 78.1 Å². The molecule has 0 spiro atoms. The van der Waals surface area contributed by atoms with Gasteiger partial charge in [-0.1, -0.05) is 6.07 Å². The summed E-state index contributed by atoms with van der Waals surface area (Å²) < 4.78 is 32.2. The third-order valence-corrected chi connectivity index (χ3v) is 5.71. The number of aromatic amines is 1. The number of imidazole rings is 1. The number of hydrogen-bond acceptors (Lipinski definition) is 7. The number of carbonyl (C=O) groups is 2. The van der Waals surface area contributed by atoms with Crippen LogP contribution in [0.1, 0.15) is 10.4 Å². The molecule has 1 amide bonds. The van der Waals surface area contributed by atoms with Crippen LogP contribution in [-0.4, -0.2) is 41.9 Å². The Morgan fingerprint density at radius 1 is 1.00 bits per heavy atom. The van der Waals surface area contributed by atoms with Gasteiger partial charge in [0.25, 0.3) is 15.9 Å². The minimum Gasteiger partial charge on any atom is -0.452 e. The predicted octanol–water partition coefficient (Wildman–Crippen LogP) is 2.55. The van der Waals surface area contributed by atoms with Crippen LogP contribution in [0.5, 0.6) is 0 Å². The molecule has 2 heterocycles. The Labute approximate surface area is 182 Å². The van der Waals surface area contributed by atoms with Crippen LogP contribution >= 0.6 is 0 Å². The molecule has 0 atom stereocenters. The molecule has 3 N–H and O–H groups in total. The number of hydrogen-bond donors (Lipinski definition) is 3. The molecule has 2 aromatic carbocycles. The fraction of sp³-hybridized carbons (Fsp3) is 0.0476. The molecule has 10 nitrogen and oxygen atoms in total. The molecule has 0 bridgehead atoms. The van der Waals surface area contributed by atoms with Crippen molar-refractivity contribution in [2.75, 3.05) is 16.6 Å². The molecule has 162 valence electrons. The van der Waals surface area contributed by atoms with Crippen LogP contribution in [0, 0.1) is 0 Å². The maximum atomic E-state index is 12.4. The van der Waals surface area contributed by atoms with Crippen LogP contribution < -0.4 is 10.0 Å². The normalized spacial score (nSPS) is 11.1. The summed E-state index contributed by atoms with van der Waals surface area (Å²) in [5.41, 5.74) is 2.02. The SMILES string of the molecule is O=C(COC(=O)c1ccc2nc[nH]c2c1)Nc1ccc(S(=O)(=O)Nc2ccccn2)cc1. The maximum Gasteiger partial charge on any atom is 0.338 e. The van der Waals surface area contributed by atoms with E-state index in [1.54, 1.807) is 30.3 Å². The zero-order valence-corrected chi connectivity index (χ0v) is 17.3. The molecule has 0 radical (unpaired) electrons.